The van der Waals surface area contributed by atoms with Crippen LogP contribution in [0.25, 0.3) is 0 Å². The van der Waals surface area contributed by atoms with Gasteiger partial charge in [-0.05, 0) is 25.1 Å². The summed E-state index contributed by atoms with van der Waals surface area (Å²) in [6.45, 7) is 5.30. The average Bonchev–Trinajstić information content (AvgIpc) is 2.25. The standard InChI is InChI=1S/C12H19ClN2/c1-3-5-6-11(14-4-2)12-8-7-10(13)9-15-12/h7-9,11,14H,3-6H2,1-2H3. The van der Waals surface area contributed by atoms with Crippen molar-refractivity contribution in [2.45, 2.75) is 39.2 Å². The molecule has 1 unspecified atom stereocenters. The molecule has 0 aliphatic carbocycles. The highest BCUT2D eigenvalue weighted by molar-refractivity contribution is 6.30. The van der Waals surface area contributed by atoms with E-state index in [2.05, 4.69) is 24.1 Å². The number of nitrogens with one attached hydrogen (secondary N) is 1. The summed E-state index contributed by atoms with van der Waals surface area (Å²) in [4.78, 5) is 4.36. The van der Waals surface area contributed by atoms with Crippen LogP contribution in [0.2, 0.25) is 5.02 Å². The molecule has 15 heavy (non-hydrogen) atoms. The van der Waals surface area contributed by atoms with Gasteiger partial charge in [0.2, 0.25) is 0 Å². The van der Waals surface area contributed by atoms with Gasteiger partial charge >= 0.3 is 0 Å². The van der Waals surface area contributed by atoms with Gasteiger partial charge in [-0.25, -0.2) is 0 Å². The summed E-state index contributed by atoms with van der Waals surface area (Å²) >= 11 is 5.81. The largest absolute Gasteiger partial charge is 0.309 e. The topological polar surface area (TPSA) is 24.9 Å². The smallest absolute Gasteiger partial charge is 0.0589 e. The van der Waals surface area contributed by atoms with E-state index in [9.17, 15) is 0 Å². The number of rotatable bonds is 6. The molecule has 1 atom stereocenters. The minimum absolute atomic E-state index is 0.368. The van der Waals surface area contributed by atoms with Gasteiger partial charge in [0, 0.05) is 12.2 Å². The Balaban J connectivity index is 2.65. The van der Waals surface area contributed by atoms with Gasteiger partial charge in [-0.1, -0.05) is 38.3 Å². The minimum atomic E-state index is 0.368. The molecule has 0 saturated heterocycles. The molecule has 0 radical (unpaired) electrons. The van der Waals surface area contributed by atoms with Crippen molar-refractivity contribution in [2.24, 2.45) is 0 Å². The number of halogens is 1. The second kappa shape index (κ2) is 6.81. The fraction of sp³-hybridized carbons (Fsp3) is 0.583. The van der Waals surface area contributed by atoms with Crippen molar-refractivity contribution in [2.75, 3.05) is 6.54 Å². The first-order valence-corrected chi connectivity index (χ1v) is 6.00. The van der Waals surface area contributed by atoms with Crippen LogP contribution in [0.3, 0.4) is 0 Å². The Morgan fingerprint density at radius 3 is 2.73 bits per heavy atom. The van der Waals surface area contributed by atoms with Crippen LogP contribution in [0, 0.1) is 0 Å². The molecule has 0 fully saturated rings. The summed E-state index contributed by atoms with van der Waals surface area (Å²) < 4.78 is 0. The highest BCUT2D eigenvalue weighted by atomic mass is 35.5. The molecule has 1 aromatic heterocycles. The Hall–Kier alpha value is -0.600. The van der Waals surface area contributed by atoms with Crippen LogP contribution in [0.5, 0.6) is 0 Å². The van der Waals surface area contributed by atoms with Crippen LogP contribution in [-0.2, 0) is 0 Å². The lowest BCUT2D eigenvalue weighted by atomic mass is 10.1. The number of hydrogen-bond acceptors (Lipinski definition) is 2. The summed E-state index contributed by atoms with van der Waals surface area (Å²) in [6, 6.07) is 4.28. The lowest BCUT2D eigenvalue weighted by molar-refractivity contribution is 0.484. The summed E-state index contributed by atoms with van der Waals surface area (Å²) in [6.07, 6.45) is 5.30. The van der Waals surface area contributed by atoms with Crippen molar-refractivity contribution in [3.8, 4) is 0 Å². The summed E-state index contributed by atoms with van der Waals surface area (Å²) in [7, 11) is 0. The Bertz CT molecular complexity index is 271. The van der Waals surface area contributed by atoms with Crippen LogP contribution in [-0.4, -0.2) is 11.5 Å². The quantitative estimate of drug-likeness (QED) is 0.802. The van der Waals surface area contributed by atoms with Gasteiger partial charge in [0.05, 0.1) is 10.7 Å². The average molecular weight is 227 g/mol. The number of nitrogens with zero attached hydrogens (tertiary/aromatic N) is 1. The first-order chi connectivity index (χ1) is 7.27. The first kappa shape index (κ1) is 12.5. The second-order valence-electron chi connectivity index (χ2n) is 3.65. The highest BCUT2D eigenvalue weighted by Gasteiger charge is 2.10. The second-order valence-corrected chi connectivity index (χ2v) is 4.09. The third-order valence-corrected chi connectivity index (χ3v) is 2.63. The normalized spacial score (nSPS) is 12.7. The van der Waals surface area contributed by atoms with Crippen molar-refractivity contribution in [1.29, 1.82) is 0 Å². The maximum absolute atomic E-state index is 5.81. The van der Waals surface area contributed by atoms with Crippen molar-refractivity contribution >= 4 is 11.6 Å². The summed E-state index contributed by atoms with van der Waals surface area (Å²) in [5, 5.41) is 4.15. The van der Waals surface area contributed by atoms with E-state index >= 15 is 0 Å². The molecule has 2 nitrogen and oxygen atoms in total. The lowest BCUT2D eigenvalue weighted by Crippen LogP contribution is -2.21. The molecule has 0 aliphatic rings. The van der Waals surface area contributed by atoms with E-state index in [0.29, 0.717) is 11.1 Å². The van der Waals surface area contributed by atoms with Gasteiger partial charge in [0.25, 0.3) is 0 Å². The van der Waals surface area contributed by atoms with Gasteiger partial charge in [-0.2, -0.15) is 0 Å². The van der Waals surface area contributed by atoms with Crippen LogP contribution in [0.1, 0.15) is 44.8 Å². The van der Waals surface area contributed by atoms with Crippen LogP contribution in [0.4, 0.5) is 0 Å². The van der Waals surface area contributed by atoms with E-state index in [0.717, 1.165) is 18.7 Å². The van der Waals surface area contributed by atoms with Gasteiger partial charge in [-0.3, -0.25) is 4.98 Å². The summed E-state index contributed by atoms with van der Waals surface area (Å²) in [5.74, 6) is 0. The lowest BCUT2D eigenvalue weighted by Gasteiger charge is -2.16. The molecule has 1 heterocycles. The molecule has 1 N–H and O–H groups in total. The highest BCUT2D eigenvalue weighted by Crippen LogP contribution is 2.18. The van der Waals surface area contributed by atoms with Gasteiger partial charge in [0.15, 0.2) is 0 Å². The van der Waals surface area contributed by atoms with E-state index in [4.69, 9.17) is 11.6 Å². The van der Waals surface area contributed by atoms with Gasteiger partial charge in [0.1, 0.15) is 0 Å². The molecule has 0 saturated carbocycles. The third-order valence-electron chi connectivity index (χ3n) is 2.40. The van der Waals surface area contributed by atoms with Crippen LogP contribution in [0.15, 0.2) is 18.3 Å². The molecule has 0 amide bonds. The Morgan fingerprint density at radius 1 is 1.40 bits per heavy atom. The van der Waals surface area contributed by atoms with Crippen molar-refractivity contribution in [3.63, 3.8) is 0 Å². The molecule has 3 heteroatoms. The van der Waals surface area contributed by atoms with Gasteiger partial charge < -0.3 is 5.32 Å². The molecular weight excluding hydrogens is 208 g/mol. The van der Waals surface area contributed by atoms with Crippen molar-refractivity contribution < 1.29 is 0 Å². The zero-order valence-corrected chi connectivity index (χ0v) is 10.2. The zero-order valence-electron chi connectivity index (χ0n) is 9.46. The van der Waals surface area contributed by atoms with E-state index in [-0.39, 0.29) is 0 Å². The molecule has 1 aromatic rings. The molecule has 0 aromatic carbocycles. The van der Waals surface area contributed by atoms with Gasteiger partial charge in [-0.15, -0.1) is 0 Å². The number of unbranched alkanes of at least 4 members (excludes halogenated alkanes) is 1. The molecule has 84 valence electrons. The number of hydrogen-bond donors (Lipinski definition) is 1. The summed E-state index contributed by atoms with van der Waals surface area (Å²) in [5.41, 5.74) is 1.09. The zero-order chi connectivity index (χ0) is 11.1. The SMILES string of the molecule is CCCCC(NCC)c1ccc(Cl)cn1. The third kappa shape index (κ3) is 4.18. The maximum atomic E-state index is 5.81. The van der Waals surface area contributed by atoms with Crippen LogP contribution >= 0.6 is 11.6 Å². The number of pyridine rings is 1. The van der Waals surface area contributed by atoms with Crippen molar-refractivity contribution in [3.05, 3.63) is 29.0 Å². The predicted molar refractivity (Wildman–Crippen MR) is 65.2 cm³/mol. The Labute approximate surface area is 97.1 Å². The molecule has 0 aliphatic heterocycles. The van der Waals surface area contributed by atoms with E-state index in [1.54, 1.807) is 6.20 Å². The molecule has 0 spiro atoms. The Morgan fingerprint density at radius 2 is 2.20 bits per heavy atom. The molecular formula is C12H19ClN2. The van der Waals surface area contributed by atoms with E-state index in [1.165, 1.54) is 12.8 Å². The fourth-order valence-corrected chi connectivity index (χ4v) is 1.71. The minimum Gasteiger partial charge on any atom is -0.309 e. The van der Waals surface area contributed by atoms with Crippen LogP contribution < -0.4 is 5.32 Å². The molecule has 1 rings (SSSR count). The van der Waals surface area contributed by atoms with E-state index in [1.807, 2.05) is 12.1 Å². The molecule has 0 bridgehead atoms. The predicted octanol–water partition coefficient (Wildman–Crippen LogP) is 3.58. The fourth-order valence-electron chi connectivity index (χ4n) is 1.60. The Kier molecular flexibility index (Phi) is 5.66. The number of aromatic nitrogens is 1. The van der Waals surface area contributed by atoms with E-state index < -0.39 is 0 Å². The first-order valence-electron chi connectivity index (χ1n) is 5.62. The van der Waals surface area contributed by atoms with Crippen molar-refractivity contribution in [1.82, 2.24) is 10.3 Å². The monoisotopic (exact) mass is 226 g/mol. The maximum Gasteiger partial charge on any atom is 0.0589 e.